The maximum atomic E-state index is 8.80. The molecule has 0 N–H and O–H groups in total. The lowest BCUT2D eigenvalue weighted by atomic mass is 10.2. The van der Waals surface area contributed by atoms with Crippen molar-refractivity contribution in [1.29, 1.82) is 5.26 Å². The fourth-order valence-corrected chi connectivity index (χ4v) is 2.77. The van der Waals surface area contributed by atoms with E-state index in [1.807, 2.05) is 35.9 Å². The van der Waals surface area contributed by atoms with E-state index < -0.39 is 0 Å². The molecule has 3 rings (SSSR count). The Morgan fingerprint density at radius 3 is 2.68 bits per heavy atom. The number of hydrogen-bond donors (Lipinski definition) is 0. The standard InChI is InChI=1S/C15H12N6S/c1-21-14(13-9-17-6-7-18-13)19-20-15(21)22-10-12-4-2-11(8-16)3-5-12/h2-7,9H,10H2,1H3. The lowest BCUT2D eigenvalue weighted by Crippen LogP contribution is -1.96. The molecule has 7 heteroatoms. The summed E-state index contributed by atoms with van der Waals surface area (Å²) in [5.41, 5.74) is 2.49. The first-order valence-electron chi connectivity index (χ1n) is 6.55. The van der Waals surface area contributed by atoms with Crippen LogP contribution in [0.4, 0.5) is 0 Å². The summed E-state index contributed by atoms with van der Waals surface area (Å²) in [5.74, 6) is 1.45. The zero-order valence-electron chi connectivity index (χ0n) is 11.8. The highest BCUT2D eigenvalue weighted by atomic mass is 32.2. The van der Waals surface area contributed by atoms with Crippen molar-refractivity contribution in [2.24, 2.45) is 7.05 Å². The van der Waals surface area contributed by atoms with Crippen molar-refractivity contribution in [2.45, 2.75) is 10.9 Å². The molecule has 22 heavy (non-hydrogen) atoms. The van der Waals surface area contributed by atoms with Crippen LogP contribution >= 0.6 is 11.8 Å². The molecule has 0 aliphatic carbocycles. The van der Waals surface area contributed by atoms with Gasteiger partial charge in [-0.25, -0.2) is 4.98 Å². The van der Waals surface area contributed by atoms with Gasteiger partial charge >= 0.3 is 0 Å². The Kier molecular flexibility index (Phi) is 4.12. The summed E-state index contributed by atoms with van der Waals surface area (Å²) in [7, 11) is 1.91. The summed E-state index contributed by atoms with van der Waals surface area (Å²) in [4.78, 5) is 8.28. The fraction of sp³-hybridized carbons (Fsp3) is 0.133. The average Bonchev–Trinajstić information content (AvgIpc) is 2.95. The minimum absolute atomic E-state index is 0.664. The lowest BCUT2D eigenvalue weighted by molar-refractivity contribution is 0.791. The Balaban J connectivity index is 1.74. The third kappa shape index (κ3) is 2.97. The van der Waals surface area contributed by atoms with Crippen molar-refractivity contribution in [1.82, 2.24) is 24.7 Å². The lowest BCUT2D eigenvalue weighted by Gasteiger charge is -2.03. The van der Waals surface area contributed by atoms with Crippen molar-refractivity contribution < 1.29 is 0 Å². The van der Waals surface area contributed by atoms with Gasteiger partial charge in [0.1, 0.15) is 5.69 Å². The van der Waals surface area contributed by atoms with Gasteiger partial charge in [0, 0.05) is 25.2 Å². The van der Waals surface area contributed by atoms with Gasteiger partial charge < -0.3 is 4.57 Å². The number of nitriles is 1. The SMILES string of the molecule is Cn1c(SCc2ccc(C#N)cc2)nnc1-c1cnccn1. The van der Waals surface area contributed by atoms with Crippen LogP contribution in [0.1, 0.15) is 11.1 Å². The van der Waals surface area contributed by atoms with Gasteiger partial charge in [0.15, 0.2) is 11.0 Å². The van der Waals surface area contributed by atoms with Crippen molar-refractivity contribution in [3.63, 3.8) is 0 Å². The largest absolute Gasteiger partial charge is 0.304 e. The summed E-state index contributed by atoms with van der Waals surface area (Å²) in [6, 6.07) is 9.65. The van der Waals surface area contributed by atoms with E-state index in [1.54, 1.807) is 30.4 Å². The highest BCUT2D eigenvalue weighted by molar-refractivity contribution is 7.98. The van der Waals surface area contributed by atoms with Crippen molar-refractivity contribution >= 4 is 11.8 Å². The molecule has 3 aromatic rings. The van der Waals surface area contributed by atoms with E-state index in [0.717, 1.165) is 16.5 Å². The van der Waals surface area contributed by atoms with E-state index in [9.17, 15) is 0 Å². The number of nitrogens with zero attached hydrogens (tertiary/aromatic N) is 6. The van der Waals surface area contributed by atoms with Crippen LogP contribution in [-0.4, -0.2) is 24.7 Å². The number of rotatable bonds is 4. The quantitative estimate of drug-likeness (QED) is 0.689. The molecule has 0 saturated heterocycles. The number of thioether (sulfide) groups is 1. The van der Waals surface area contributed by atoms with E-state index in [2.05, 4.69) is 26.2 Å². The Morgan fingerprint density at radius 2 is 2.00 bits per heavy atom. The molecule has 0 atom stereocenters. The number of aromatic nitrogens is 5. The molecule has 0 saturated carbocycles. The Bertz CT molecular complexity index is 804. The molecular formula is C15H12N6S. The second kappa shape index (κ2) is 6.37. The Hall–Kier alpha value is -2.72. The molecule has 0 fully saturated rings. The molecule has 1 aromatic carbocycles. The third-order valence-electron chi connectivity index (χ3n) is 3.08. The second-order valence-corrected chi connectivity index (χ2v) is 5.50. The summed E-state index contributed by atoms with van der Waals surface area (Å²) in [6.45, 7) is 0. The van der Waals surface area contributed by atoms with Gasteiger partial charge in [0.05, 0.1) is 17.8 Å². The first kappa shape index (κ1) is 14.2. The summed E-state index contributed by atoms with van der Waals surface area (Å²) < 4.78 is 1.90. The Labute approximate surface area is 131 Å². The van der Waals surface area contributed by atoms with Gasteiger partial charge in [0.2, 0.25) is 0 Å². The van der Waals surface area contributed by atoms with E-state index in [-0.39, 0.29) is 0 Å². The topological polar surface area (TPSA) is 80.3 Å². The van der Waals surface area contributed by atoms with Crippen LogP contribution in [0, 0.1) is 11.3 Å². The first-order chi connectivity index (χ1) is 10.8. The van der Waals surface area contributed by atoms with Gasteiger partial charge in [0.25, 0.3) is 0 Å². The van der Waals surface area contributed by atoms with Crippen LogP contribution in [-0.2, 0) is 12.8 Å². The van der Waals surface area contributed by atoms with E-state index in [1.165, 1.54) is 0 Å². The molecule has 2 heterocycles. The van der Waals surface area contributed by atoms with E-state index in [4.69, 9.17) is 5.26 Å². The normalized spacial score (nSPS) is 10.4. The second-order valence-electron chi connectivity index (χ2n) is 4.55. The minimum atomic E-state index is 0.664. The molecule has 2 aromatic heterocycles. The molecule has 0 radical (unpaired) electrons. The predicted octanol–water partition coefficient (Wildman–Crippen LogP) is 2.44. The van der Waals surface area contributed by atoms with Gasteiger partial charge in [-0.3, -0.25) is 4.98 Å². The number of benzene rings is 1. The highest BCUT2D eigenvalue weighted by Crippen LogP contribution is 2.24. The van der Waals surface area contributed by atoms with Gasteiger partial charge in [-0.2, -0.15) is 5.26 Å². The van der Waals surface area contributed by atoms with Crippen LogP contribution < -0.4 is 0 Å². The Morgan fingerprint density at radius 1 is 1.18 bits per heavy atom. The van der Waals surface area contributed by atoms with Crippen molar-refractivity contribution in [3.05, 3.63) is 54.0 Å². The molecular weight excluding hydrogens is 296 g/mol. The summed E-state index contributed by atoms with van der Waals surface area (Å²) >= 11 is 1.59. The number of hydrogen-bond acceptors (Lipinski definition) is 6. The molecule has 108 valence electrons. The summed E-state index contributed by atoms with van der Waals surface area (Å²) in [6.07, 6.45) is 4.92. The van der Waals surface area contributed by atoms with Crippen LogP contribution in [0.5, 0.6) is 0 Å². The molecule has 0 aliphatic heterocycles. The molecule has 0 spiro atoms. The highest BCUT2D eigenvalue weighted by Gasteiger charge is 2.12. The van der Waals surface area contributed by atoms with Gasteiger partial charge in [-0.1, -0.05) is 23.9 Å². The third-order valence-corrected chi connectivity index (χ3v) is 4.17. The van der Waals surface area contributed by atoms with Crippen molar-refractivity contribution in [3.8, 4) is 17.6 Å². The van der Waals surface area contributed by atoms with Gasteiger partial charge in [-0.15, -0.1) is 10.2 Å². The van der Waals surface area contributed by atoms with Crippen LogP contribution in [0.2, 0.25) is 0 Å². The maximum Gasteiger partial charge on any atom is 0.191 e. The summed E-state index contributed by atoms with van der Waals surface area (Å²) in [5, 5.41) is 18.0. The molecule has 6 nitrogen and oxygen atoms in total. The van der Waals surface area contributed by atoms with Crippen molar-refractivity contribution in [2.75, 3.05) is 0 Å². The van der Waals surface area contributed by atoms with E-state index in [0.29, 0.717) is 17.1 Å². The zero-order valence-corrected chi connectivity index (χ0v) is 12.7. The first-order valence-corrected chi connectivity index (χ1v) is 7.54. The van der Waals surface area contributed by atoms with Gasteiger partial charge in [-0.05, 0) is 17.7 Å². The van der Waals surface area contributed by atoms with Crippen LogP contribution in [0.15, 0.2) is 48.0 Å². The smallest absolute Gasteiger partial charge is 0.191 e. The minimum Gasteiger partial charge on any atom is -0.304 e. The predicted molar refractivity (Wildman–Crippen MR) is 82.7 cm³/mol. The molecule has 0 bridgehead atoms. The zero-order chi connectivity index (χ0) is 15.4. The van der Waals surface area contributed by atoms with Crippen LogP contribution in [0.3, 0.4) is 0 Å². The van der Waals surface area contributed by atoms with Crippen LogP contribution in [0.25, 0.3) is 11.5 Å². The monoisotopic (exact) mass is 308 g/mol. The average molecular weight is 308 g/mol. The fourth-order valence-electron chi connectivity index (χ4n) is 1.90. The molecule has 0 aliphatic rings. The molecule has 0 amide bonds. The van der Waals surface area contributed by atoms with E-state index >= 15 is 0 Å². The molecule has 0 unspecified atom stereocenters. The maximum absolute atomic E-state index is 8.80.